The molecule has 25 heavy (non-hydrogen) atoms. The Hall–Kier alpha value is -1.67. The third kappa shape index (κ3) is 5.15. The molecular weight excluding hydrogens is 342 g/mol. The molecule has 2 heterocycles. The molecule has 7 nitrogen and oxygen atoms in total. The molecule has 0 radical (unpaired) electrons. The molecule has 0 aromatic carbocycles. The van der Waals surface area contributed by atoms with Gasteiger partial charge in [0.2, 0.25) is 0 Å². The number of hydrogen-bond acceptors (Lipinski definition) is 5. The van der Waals surface area contributed by atoms with Crippen LogP contribution in [0.15, 0.2) is 28.3 Å². The highest BCUT2D eigenvalue weighted by Gasteiger charge is 2.24. The molecule has 1 aliphatic carbocycles. The SMILES string of the molecule is O=C(NCCCOC1CCCCC1)C1=CN2CCS(=O)(=O)N=C2C=C1. The summed E-state index contributed by atoms with van der Waals surface area (Å²) in [6.45, 7) is 1.55. The number of ether oxygens (including phenoxy) is 1. The molecule has 0 aromatic heterocycles. The summed E-state index contributed by atoms with van der Waals surface area (Å²) in [5, 5.41) is 2.88. The van der Waals surface area contributed by atoms with Crippen LogP contribution in [0.2, 0.25) is 0 Å². The van der Waals surface area contributed by atoms with Crippen LogP contribution in [0.4, 0.5) is 0 Å². The second kappa shape index (κ2) is 8.14. The first-order valence-corrected chi connectivity index (χ1v) is 10.5. The summed E-state index contributed by atoms with van der Waals surface area (Å²) >= 11 is 0. The van der Waals surface area contributed by atoms with E-state index in [4.69, 9.17) is 4.74 Å². The van der Waals surface area contributed by atoms with Gasteiger partial charge in [0.25, 0.3) is 15.9 Å². The van der Waals surface area contributed by atoms with Gasteiger partial charge in [-0.1, -0.05) is 19.3 Å². The van der Waals surface area contributed by atoms with Gasteiger partial charge in [-0.25, -0.2) is 8.42 Å². The van der Waals surface area contributed by atoms with Crippen molar-refractivity contribution in [1.82, 2.24) is 10.2 Å². The molecule has 0 atom stereocenters. The Morgan fingerprint density at radius 1 is 1.28 bits per heavy atom. The largest absolute Gasteiger partial charge is 0.378 e. The molecule has 2 aliphatic heterocycles. The molecule has 1 saturated carbocycles. The average Bonchev–Trinajstić information content (AvgIpc) is 2.61. The minimum absolute atomic E-state index is 0.0335. The van der Waals surface area contributed by atoms with Gasteiger partial charge in [0, 0.05) is 25.9 Å². The van der Waals surface area contributed by atoms with Crippen LogP contribution < -0.4 is 5.32 Å². The smallest absolute Gasteiger partial charge is 0.256 e. The summed E-state index contributed by atoms with van der Waals surface area (Å²) < 4.78 is 32.5. The first kappa shape index (κ1) is 18.1. The summed E-state index contributed by atoms with van der Waals surface area (Å²) in [4.78, 5) is 13.9. The van der Waals surface area contributed by atoms with Crippen LogP contribution in [0.25, 0.3) is 0 Å². The normalized spacial score (nSPS) is 22.8. The first-order chi connectivity index (χ1) is 12.0. The van der Waals surface area contributed by atoms with Crippen molar-refractivity contribution >= 4 is 21.8 Å². The highest BCUT2D eigenvalue weighted by molar-refractivity contribution is 7.90. The lowest BCUT2D eigenvalue weighted by Gasteiger charge is -2.27. The standard InChI is InChI=1S/C17H25N3O4S/c21-17(18-9-4-11-24-15-5-2-1-3-6-15)14-7-8-16-19-25(22,23)12-10-20(16)13-14/h7-8,13,15H,1-6,9-12H2,(H,18,21). The number of carbonyl (C=O) groups is 1. The lowest BCUT2D eigenvalue weighted by Crippen LogP contribution is -2.38. The molecule has 1 amide bonds. The van der Waals surface area contributed by atoms with E-state index in [2.05, 4.69) is 9.71 Å². The van der Waals surface area contributed by atoms with Crippen molar-refractivity contribution in [2.75, 3.05) is 25.4 Å². The van der Waals surface area contributed by atoms with Crippen molar-refractivity contribution in [2.24, 2.45) is 4.40 Å². The Morgan fingerprint density at radius 3 is 2.88 bits per heavy atom. The zero-order chi connectivity index (χ0) is 17.7. The Labute approximate surface area is 148 Å². The zero-order valence-corrected chi connectivity index (χ0v) is 15.1. The van der Waals surface area contributed by atoms with Gasteiger partial charge in [-0.2, -0.15) is 0 Å². The summed E-state index contributed by atoms with van der Waals surface area (Å²) in [5.74, 6) is 0.166. The molecule has 3 aliphatic rings. The number of nitrogens with one attached hydrogen (secondary N) is 1. The van der Waals surface area contributed by atoms with Crippen molar-refractivity contribution in [3.05, 3.63) is 23.9 Å². The van der Waals surface area contributed by atoms with Crippen LogP contribution in [0.3, 0.4) is 0 Å². The molecule has 3 rings (SSSR count). The number of rotatable bonds is 6. The van der Waals surface area contributed by atoms with Crippen molar-refractivity contribution in [2.45, 2.75) is 44.6 Å². The number of hydrogen-bond donors (Lipinski definition) is 1. The maximum absolute atomic E-state index is 12.2. The Balaban J connectivity index is 1.40. The summed E-state index contributed by atoms with van der Waals surface area (Å²) in [5.41, 5.74) is 0.506. The van der Waals surface area contributed by atoms with E-state index in [0.29, 0.717) is 37.2 Å². The highest BCUT2D eigenvalue weighted by atomic mass is 32.2. The maximum Gasteiger partial charge on any atom is 0.256 e. The Kier molecular flexibility index (Phi) is 5.90. The van der Waals surface area contributed by atoms with Gasteiger partial charge in [0.05, 0.1) is 17.4 Å². The van der Waals surface area contributed by atoms with Crippen molar-refractivity contribution in [3.8, 4) is 0 Å². The predicted molar refractivity (Wildman–Crippen MR) is 95.6 cm³/mol. The molecule has 0 unspecified atom stereocenters. The van der Waals surface area contributed by atoms with Crippen molar-refractivity contribution in [3.63, 3.8) is 0 Å². The number of amidine groups is 1. The lowest BCUT2D eigenvalue weighted by atomic mass is 9.98. The monoisotopic (exact) mass is 367 g/mol. The van der Waals surface area contributed by atoms with Gasteiger partial charge in [-0.05, 0) is 31.4 Å². The summed E-state index contributed by atoms with van der Waals surface area (Å²) in [6.07, 6.45) is 12.1. The third-order valence-electron chi connectivity index (χ3n) is 4.60. The van der Waals surface area contributed by atoms with E-state index in [-0.39, 0.29) is 11.7 Å². The van der Waals surface area contributed by atoms with Gasteiger partial charge in [0.15, 0.2) is 0 Å². The van der Waals surface area contributed by atoms with E-state index < -0.39 is 10.0 Å². The number of nitrogens with zero attached hydrogens (tertiary/aromatic N) is 2. The van der Waals surface area contributed by atoms with E-state index in [1.165, 1.54) is 19.3 Å². The number of fused-ring (bicyclic) bond motifs is 1. The maximum atomic E-state index is 12.2. The highest BCUT2D eigenvalue weighted by Crippen LogP contribution is 2.20. The topological polar surface area (TPSA) is 88.1 Å². The lowest BCUT2D eigenvalue weighted by molar-refractivity contribution is -0.117. The van der Waals surface area contributed by atoms with Gasteiger partial charge in [0.1, 0.15) is 5.84 Å². The molecule has 0 saturated heterocycles. The van der Waals surface area contributed by atoms with Gasteiger partial charge < -0.3 is 15.0 Å². The molecule has 1 N–H and O–H groups in total. The number of amides is 1. The van der Waals surface area contributed by atoms with Gasteiger partial charge in [-0.15, -0.1) is 4.40 Å². The third-order valence-corrected chi connectivity index (χ3v) is 5.76. The molecular formula is C17H25N3O4S. The molecule has 1 fully saturated rings. The summed E-state index contributed by atoms with van der Waals surface area (Å²) in [7, 11) is -3.37. The van der Waals surface area contributed by atoms with Crippen LogP contribution in [0, 0.1) is 0 Å². The average molecular weight is 367 g/mol. The van der Waals surface area contributed by atoms with Crippen LogP contribution in [-0.2, 0) is 19.6 Å². The van der Waals surface area contributed by atoms with E-state index in [1.54, 1.807) is 23.3 Å². The van der Waals surface area contributed by atoms with Crippen molar-refractivity contribution in [1.29, 1.82) is 0 Å². The van der Waals surface area contributed by atoms with Crippen LogP contribution in [-0.4, -0.2) is 56.6 Å². The van der Waals surface area contributed by atoms with E-state index >= 15 is 0 Å². The van der Waals surface area contributed by atoms with Crippen LogP contribution >= 0.6 is 0 Å². The fraction of sp³-hybridized carbons (Fsp3) is 0.647. The second-order valence-electron chi connectivity index (χ2n) is 6.59. The minimum Gasteiger partial charge on any atom is -0.378 e. The molecule has 0 bridgehead atoms. The fourth-order valence-corrected chi connectivity index (χ4v) is 4.16. The summed E-state index contributed by atoms with van der Waals surface area (Å²) in [6, 6.07) is 0. The van der Waals surface area contributed by atoms with Gasteiger partial charge >= 0.3 is 0 Å². The fourth-order valence-electron chi connectivity index (χ4n) is 3.19. The second-order valence-corrected chi connectivity index (χ2v) is 8.34. The molecule has 0 spiro atoms. The zero-order valence-electron chi connectivity index (χ0n) is 14.3. The Bertz CT molecular complexity index is 691. The van der Waals surface area contributed by atoms with Crippen LogP contribution in [0.5, 0.6) is 0 Å². The first-order valence-electron chi connectivity index (χ1n) is 8.92. The number of sulfonamides is 1. The molecule has 0 aromatic rings. The van der Waals surface area contributed by atoms with Crippen LogP contribution in [0.1, 0.15) is 38.5 Å². The van der Waals surface area contributed by atoms with E-state index in [9.17, 15) is 13.2 Å². The predicted octanol–water partition coefficient (Wildman–Crippen LogP) is 1.34. The quantitative estimate of drug-likeness (QED) is 0.716. The number of carbonyl (C=O) groups excluding carboxylic acids is 1. The van der Waals surface area contributed by atoms with Gasteiger partial charge in [-0.3, -0.25) is 4.79 Å². The molecule has 8 heteroatoms. The minimum atomic E-state index is -3.37. The van der Waals surface area contributed by atoms with E-state index in [1.807, 2.05) is 0 Å². The van der Waals surface area contributed by atoms with E-state index in [0.717, 1.165) is 19.3 Å². The van der Waals surface area contributed by atoms with Crippen molar-refractivity contribution < 1.29 is 17.9 Å². The molecule has 138 valence electrons. The Morgan fingerprint density at radius 2 is 2.08 bits per heavy atom.